The Morgan fingerprint density at radius 2 is 1.60 bits per heavy atom. The van der Waals surface area contributed by atoms with E-state index in [1.54, 1.807) is 0 Å². The van der Waals surface area contributed by atoms with Crippen molar-refractivity contribution in [2.45, 2.75) is 37.9 Å². The number of amides is 1. The van der Waals surface area contributed by atoms with Crippen molar-refractivity contribution in [1.82, 2.24) is 4.90 Å². The zero-order chi connectivity index (χ0) is 17.9. The SMILES string of the molecule is O=C(Cc1ccc(-c2ccccc2)cc1)N1CCCCC1C(F)(F)F. The third-order valence-electron chi connectivity index (χ3n) is 4.62. The van der Waals surface area contributed by atoms with Crippen LogP contribution in [0.5, 0.6) is 0 Å². The van der Waals surface area contributed by atoms with E-state index in [-0.39, 0.29) is 19.4 Å². The quantitative estimate of drug-likeness (QED) is 0.778. The first kappa shape index (κ1) is 17.5. The van der Waals surface area contributed by atoms with Crippen LogP contribution in [0.25, 0.3) is 11.1 Å². The van der Waals surface area contributed by atoms with Crippen LogP contribution in [0.3, 0.4) is 0 Å². The Hall–Kier alpha value is -2.30. The summed E-state index contributed by atoms with van der Waals surface area (Å²) in [5.74, 6) is -0.450. The summed E-state index contributed by atoms with van der Waals surface area (Å²) in [6.45, 7) is 0.186. The van der Waals surface area contributed by atoms with E-state index in [0.717, 1.165) is 21.6 Å². The molecular formula is C20H20F3NO. The summed E-state index contributed by atoms with van der Waals surface area (Å²) in [5.41, 5.74) is 2.81. The van der Waals surface area contributed by atoms with Crippen LogP contribution >= 0.6 is 0 Å². The Morgan fingerprint density at radius 3 is 2.24 bits per heavy atom. The minimum absolute atomic E-state index is 0.00164. The zero-order valence-electron chi connectivity index (χ0n) is 13.8. The molecule has 2 aromatic rings. The standard InChI is InChI=1S/C20H20F3NO/c21-20(22,23)18-8-4-5-13-24(18)19(25)14-15-9-11-17(12-10-15)16-6-2-1-3-7-16/h1-3,6-7,9-12,18H,4-5,8,13-14H2. The maximum absolute atomic E-state index is 13.1. The molecule has 1 unspecified atom stereocenters. The smallest absolute Gasteiger partial charge is 0.330 e. The molecule has 1 amide bonds. The number of rotatable bonds is 3. The van der Waals surface area contributed by atoms with Crippen molar-refractivity contribution in [3.8, 4) is 11.1 Å². The molecule has 25 heavy (non-hydrogen) atoms. The molecule has 1 saturated heterocycles. The van der Waals surface area contributed by atoms with Gasteiger partial charge in [0.1, 0.15) is 6.04 Å². The van der Waals surface area contributed by atoms with Crippen molar-refractivity contribution < 1.29 is 18.0 Å². The second-order valence-electron chi connectivity index (χ2n) is 6.38. The van der Waals surface area contributed by atoms with Gasteiger partial charge in [0.15, 0.2) is 0 Å². The number of carbonyl (C=O) groups is 1. The van der Waals surface area contributed by atoms with Crippen molar-refractivity contribution in [3.05, 3.63) is 60.2 Å². The fourth-order valence-electron chi connectivity index (χ4n) is 3.29. The second kappa shape index (κ2) is 7.30. The van der Waals surface area contributed by atoms with Gasteiger partial charge >= 0.3 is 6.18 Å². The second-order valence-corrected chi connectivity index (χ2v) is 6.38. The first-order chi connectivity index (χ1) is 11.9. The molecule has 3 rings (SSSR count). The van der Waals surface area contributed by atoms with Gasteiger partial charge in [0.25, 0.3) is 0 Å². The van der Waals surface area contributed by atoms with E-state index < -0.39 is 18.1 Å². The molecule has 1 atom stereocenters. The van der Waals surface area contributed by atoms with Crippen LogP contribution < -0.4 is 0 Å². The van der Waals surface area contributed by atoms with Gasteiger partial charge in [0, 0.05) is 6.54 Å². The van der Waals surface area contributed by atoms with Crippen LogP contribution in [0.4, 0.5) is 13.2 Å². The number of hydrogen-bond acceptors (Lipinski definition) is 1. The molecule has 0 N–H and O–H groups in total. The normalized spacial score (nSPS) is 18.2. The molecule has 132 valence electrons. The van der Waals surface area contributed by atoms with Gasteiger partial charge in [-0.05, 0) is 36.0 Å². The summed E-state index contributed by atoms with van der Waals surface area (Å²) in [6.07, 6.45) is -3.21. The van der Waals surface area contributed by atoms with Crippen LogP contribution in [0.15, 0.2) is 54.6 Å². The molecule has 0 saturated carbocycles. The first-order valence-electron chi connectivity index (χ1n) is 8.46. The number of halogens is 3. The van der Waals surface area contributed by atoms with Gasteiger partial charge in [-0.25, -0.2) is 0 Å². The maximum atomic E-state index is 13.1. The van der Waals surface area contributed by atoms with Crippen molar-refractivity contribution in [3.63, 3.8) is 0 Å². The third-order valence-corrected chi connectivity index (χ3v) is 4.62. The molecule has 0 aromatic heterocycles. The molecule has 0 aliphatic carbocycles. The lowest BCUT2D eigenvalue weighted by molar-refractivity contribution is -0.195. The fourth-order valence-corrected chi connectivity index (χ4v) is 3.29. The van der Waals surface area contributed by atoms with Gasteiger partial charge < -0.3 is 4.90 Å². The minimum Gasteiger partial charge on any atom is -0.330 e. The molecule has 2 aromatic carbocycles. The minimum atomic E-state index is -4.35. The highest BCUT2D eigenvalue weighted by atomic mass is 19.4. The largest absolute Gasteiger partial charge is 0.408 e. The number of alkyl halides is 3. The monoisotopic (exact) mass is 347 g/mol. The number of benzene rings is 2. The predicted octanol–water partition coefficient (Wildman–Crippen LogP) is 4.84. The van der Waals surface area contributed by atoms with E-state index in [2.05, 4.69) is 0 Å². The molecular weight excluding hydrogens is 327 g/mol. The van der Waals surface area contributed by atoms with Crippen LogP contribution in [-0.2, 0) is 11.2 Å². The van der Waals surface area contributed by atoms with Crippen LogP contribution in [-0.4, -0.2) is 29.6 Å². The number of hydrogen-bond donors (Lipinski definition) is 0. The van der Waals surface area contributed by atoms with E-state index in [4.69, 9.17) is 0 Å². The summed E-state index contributed by atoms with van der Waals surface area (Å²) >= 11 is 0. The predicted molar refractivity (Wildman–Crippen MR) is 91.0 cm³/mol. The fraction of sp³-hybridized carbons (Fsp3) is 0.350. The average molecular weight is 347 g/mol. The van der Waals surface area contributed by atoms with Gasteiger partial charge in [-0.15, -0.1) is 0 Å². The van der Waals surface area contributed by atoms with Gasteiger partial charge in [-0.3, -0.25) is 4.79 Å². The van der Waals surface area contributed by atoms with Crippen molar-refractivity contribution in [2.24, 2.45) is 0 Å². The van der Waals surface area contributed by atoms with E-state index in [1.165, 1.54) is 0 Å². The number of piperidine rings is 1. The highest BCUT2D eigenvalue weighted by Gasteiger charge is 2.46. The van der Waals surface area contributed by atoms with E-state index in [9.17, 15) is 18.0 Å². The summed E-state index contributed by atoms with van der Waals surface area (Å²) < 4.78 is 39.4. The van der Waals surface area contributed by atoms with E-state index in [1.807, 2.05) is 54.6 Å². The Bertz CT molecular complexity index is 710. The lowest BCUT2D eigenvalue weighted by atomic mass is 9.99. The Balaban J connectivity index is 1.70. The molecule has 0 radical (unpaired) electrons. The molecule has 1 aliphatic rings. The summed E-state index contributed by atoms with van der Waals surface area (Å²) in [6, 6.07) is 15.6. The van der Waals surface area contributed by atoms with Crippen molar-refractivity contribution >= 4 is 5.91 Å². The summed E-state index contributed by atoms with van der Waals surface area (Å²) in [7, 11) is 0. The lowest BCUT2D eigenvalue weighted by Gasteiger charge is -2.36. The molecule has 1 fully saturated rings. The Kier molecular flexibility index (Phi) is 5.11. The highest BCUT2D eigenvalue weighted by molar-refractivity contribution is 5.79. The topological polar surface area (TPSA) is 20.3 Å². The van der Waals surface area contributed by atoms with Gasteiger partial charge in [-0.1, -0.05) is 54.6 Å². The summed E-state index contributed by atoms with van der Waals surface area (Å²) in [4.78, 5) is 13.4. The van der Waals surface area contributed by atoms with Crippen molar-refractivity contribution in [2.75, 3.05) is 6.54 Å². The summed E-state index contributed by atoms with van der Waals surface area (Å²) in [5, 5.41) is 0. The van der Waals surface area contributed by atoms with Crippen molar-refractivity contribution in [1.29, 1.82) is 0 Å². The van der Waals surface area contributed by atoms with Gasteiger partial charge in [0.05, 0.1) is 6.42 Å². The number of nitrogens with zero attached hydrogens (tertiary/aromatic N) is 1. The van der Waals surface area contributed by atoms with Crippen LogP contribution in [0.2, 0.25) is 0 Å². The lowest BCUT2D eigenvalue weighted by Crippen LogP contribution is -2.51. The van der Waals surface area contributed by atoms with Gasteiger partial charge in [-0.2, -0.15) is 13.2 Å². The van der Waals surface area contributed by atoms with Crippen LogP contribution in [0.1, 0.15) is 24.8 Å². The molecule has 0 bridgehead atoms. The third kappa shape index (κ3) is 4.21. The Labute approximate surface area is 145 Å². The Morgan fingerprint density at radius 1 is 0.960 bits per heavy atom. The molecule has 0 spiro atoms. The van der Waals surface area contributed by atoms with E-state index >= 15 is 0 Å². The van der Waals surface area contributed by atoms with E-state index in [0.29, 0.717) is 12.8 Å². The zero-order valence-corrected chi connectivity index (χ0v) is 13.8. The molecule has 1 heterocycles. The number of likely N-dealkylation sites (tertiary alicyclic amines) is 1. The molecule has 5 heteroatoms. The highest BCUT2D eigenvalue weighted by Crippen LogP contribution is 2.32. The average Bonchev–Trinajstić information content (AvgIpc) is 2.62. The molecule has 2 nitrogen and oxygen atoms in total. The van der Waals surface area contributed by atoms with Gasteiger partial charge in [0.2, 0.25) is 5.91 Å². The first-order valence-corrected chi connectivity index (χ1v) is 8.46. The number of carbonyl (C=O) groups excluding carboxylic acids is 1. The van der Waals surface area contributed by atoms with Crippen LogP contribution in [0, 0.1) is 0 Å². The maximum Gasteiger partial charge on any atom is 0.408 e. The molecule has 1 aliphatic heterocycles.